The highest BCUT2D eigenvalue weighted by atomic mass is 16.5. The maximum Gasteiger partial charge on any atom is 0.251 e. The molecule has 0 saturated heterocycles. The summed E-state index contributed by atoms with van der Waals surface area (Å²) in [4.78, 5) is 12.5. The Bertz CT molecular complexity index is 716. The van der Waals surface area contributed by atoms with Crippen molar-refractivity contribution < 1.29 is 19.7 Å². The molecule has 0 spiro atoms. The number of nitrogens with one attached hydrogen (secondary N) is 1. The molecule has 2 aromatic carbocycles. The molecule has 2 aromatic rings. The first-order chi connectivity index (χ1) is 13.5. The summed E-state index contributed by atoms with van der Waals surface area (Å²) < 4.78 is 5.67. The SMILES string of the molecule is CCCCCCOc1ccc(C(=O)NC(CO)C(O)c2ccc(N)cc2)cc1. The minimum atomic E-state index is -1.04. The van der Waals surface area contributed by atoms with Gasteiger partial charge in [-0.05, 0) is 48.4 Å². The summed E-state index contributed by atoms with van der Waals surface area (Å²) in [6, 6.07) is 12.7. The first-order valence-electron chi connectivity index (χ1n) is 9.73. The quantitative estimate of drug-likeness (QED) is 0.351. The Morgan fingerprint density at radius 2 is 1.75 bits per heavy atom. The van der Waals surface area contributed by atoms with Crippen molar-refractivity contribution in [1.82, 2.24) is 5.32 Å². The van der Waals surface area contributed by atoms with Crippen LogP contribution in [0.15, 0.2) is 48.5 Å². The van der Waals surface area contributed by atoms with Crippen molar-refractivity contribution in [2.24, 2.45) is 0 Å². The normalized spacial score (nSPS) is 13.0. The predicted molar refractivity (Wildman–Crippen MR) is 110 cm³/mol. The Balaban J connectivity index is 1.90. The maximum absolute atomic E-state index is 12.5. The second kappa shape index (κ2) is 11.3. The zero-order chi connectivity index (χ0) is 20.4. The van der Waals surface area contributed by atoms with Gasteiger partial charge in [-0.25, -0.2) is 0 Å². The van der Waals surface area contributed by atoms with E-state index < -0.39 is 18.8 Å². The number of rotatable bonds is 11. The number of carbonyl (C=O) groups excluding carboxylic acids is 1. The molecule has 2 rings (SSSR count). The summed E-state index contributed by atoms with van der Waals surface area (Å²) in [7, 11) is 0. The van der Waals surface area contributed by atoms with E-state index >= 15 is 0 Å². The molecule has 6 nitrogen and oxygen atoms in total. The van der Waals surface area contributed by atoms with Gasteiger partial charge in [-0.2, -0.15) is 0 Å². The van der Waals surface area contributed by atoms with E-state index in [0.717, 1.165) is 12.8 Å². The Kier molecular flexibility index (Phi) is 8.78. The van der Waals surface area contributed by atoms with Gasteiger partial charge < -0.3 is 26.0 Å². The summed E-state index contributed by atoms with van der Waals surface area (Å²) in [6.07, 6.45) is 3.51. The molecule has 0 heterocycles. The standard InChI is InChI=1S/C22H30N2O4/c1-2-3-4-5-14-28-19-12-8-17(9-13-19)22(27)24-20(15-25)21(26)16-6-10-18(23)11-7-16/h6-13,20-21,25-26H,2-5,14-15,23H2,1H3,(H,24,27). The van der Waals surface area contributed by atoms with E-state index in [1.165, 1.54) is 12.8 Å². The monoisotopic (exact) mass is 386 g/mol. The van der Waals surface area contributed by atoms with Crippen LogP contribution in [0.4, 0.5) is 5.69 Å². The van der Waals surface area contributed by atoms with Gasteiger partial charge in [0, 0.05) is 11.3 Å². The molecule has 28 heavy (non-hydrogen) atoms. The largest absolute Gasteiger partial charge is 0.494 e. The average molecular weight is 386 g/mol. The highest BCUT2D eigenvalue weighted by Crippen LogP contribution is 2.19. The minimum absolute atomic E-state index is 0.372. The van der Waals surface area contributed by atoms with E-state index in [9.17, 15) is 15.0 Å². The Labute approximate surface area is 166 Å². The van der Waals surface area contributed by atoms with Gasteiger partial charge in [-0.3, -0.25) is 4.79 Å². The number of aliphatic hydroxyl groups excluding tert-OH is 2. The molecule has 0 saturated carbocycles. The van der Waals surface area contributed by atoms with Crippen molar-refractivity contribution >= 4 is 11.6 Å². The topological polar surface area (TPSA) is 105 Å². The molecule has 1 amide bonds. The van der Waals surface area contributed by atoms with Crippen LogP contribution in [0, 0.1) is 0 Å². The molecule has 0 fully saturated rings. The lowest BCUT2D eigenvalue weighted by Gasteiger charge is -2.22. The van der Waals surface area contributed by atoms with E-state index in [1.54, 1.807) is 48.5 Å². The van der Waals surface area contributed by atoms with Gasteiger partial charge in [0.25, 0.3) is 5.91 Å². The van der Waals surface area contributed by atoms with Crippen LogP contribution >= 0.6 is 0 Å². The Morgan fingerprint density at radius 3 is 2.36 bits per heavy atom. The molecule has 6 heteroatoms. The van der Waals surface area contributed by atoms with Gasteiger partial charge in [-0.15, -0.1) is 0 Å². The first kappa shape index (κ1) is 21.7. The van der Waals surface area contributed by atoms with Crippen LogP contribution in [0.3, 0.4) is 0 Å². The van der Waals surface area contributed by atoms with Crippen LogP contribution in [-0.2, 0) is 0 Å². The average Bonchev–Trinajstić information content (AvgIpc) is 2.72. The molecular weight excluding hydrogens is 356 g/mol. The van der Waals surface area contributed by atoms with Crippen molar-refractivity contribution in [1.29, 1.82) is 0 Å². The zero-order valence-electron chi connectivity index (χ0n) is 16.3. The zero-order valence-corrected chi connectivity index (χ0v) is 16.3. The van der Waals surface area contributed by atoms with Crippen LogP contribution in [0.1, 0.15) is 54.6 Å². The van der Waals surface area contributed by atoms with Gasteiger partial charge in [0.1, 0.15) is 11.9 Å². The summed E-state index contributed by atoms with van der Waals surface area (Å²) in [5.41, 5.74) is 7.22. The van der Waals surface area contributed by atoms with Crippen molar-refractivity contribution in [3.05, 3.63) is 59.7 Å². The molecule has 0 aliphatic heterocycles. The van der Waals surface area contributed by atoms with Crippen molar-refractivity contribution in [3.8, 4) is 5.75 Å². The molecule has 0 aromatic heterocycles. The summed E-state index contributed by atoms with van der Waals surface area (Å²) >= 11 is 0. The molecule has 2 unspecified atom stereocenters. The summed E-state index contributed by atoms with van der Waals surface area (Å²) in [6.45, 7) is 2.43. The van der Waals surface area contributed by atoms with Crippen LogP contribution in [0.5, 0.6) is 5.75 Å². The number of unbranched alkanes of at least 4 members (excludes halogenated alkanes) is 3. The fourth-order valence-corrected chi connectivity index (χ4v) is 2.82. The minimum Gasteiger partial charge on any atom is -0.494 e. The second-order valence-corrected chi connectivity index (χ2v) is 6.81. The van der Waals surface area contributed by atoms with Crippen LogP contribution in [0.2, 0.25) is 0 Å². The molecule has 152 valence electrons. The third-order valence-electron chi connectivity index (χ3n) is 4.56. The second-order valence-electron chi connectivity index (χ2n) is 6.81. The van der Waals surface area contributed by atoms with Gasteiger partial charge >= 0.3 is 0 Å². The van der Waals surface area contributed by atoms with Gasteiger partial charge in [0.05, 0.1) is 19.3 Å². The fourth-order valence-electron chi connectivity index (χ4n) is 2.82. The number of hydrogen-bond donors (Lipinski definition) is 4. The van der Waals surface area contributed by atoms with Gasteiger partial charge in [-0.1, -0.05) is 38.3 Å². The Hall–Kier alpha value is -2.57. The number of aliphatic hydroxyl groups is 2. The van der Waals surface area contributed by atoms with Crippen molar-refractivity contribution in [2.75, 3.05) is 18.9 Å². The van der Waals surface area contributed by atoms with Crippen LogP contribution < -0.4 is 15.8 Å². The lowest BCUT2D eigenvalue weighted by atomic mass is 10.0. The van der Waals surface area contributed by atoms with Crippen molar-refractivity contribution in [3.63, 3.8) is 0 Å². The highest BCUT2D eigenvalue weighted by Gasteiger charge is 2.22. The number of nitrogens with two attached hydrogens (primary N) is 1. The molecule has 0 aliphatic carbocycles. The van der Waals surface area contributed by atoms with E-state index in [2.05, 4.69) is 12.2 Å². The lowest BCUT2D eigenvalue weighted by molar-refractivity contribution is 0.0703. The number of benzene rings is 2. The summed E-state index contributed by atoms with van der Waals surface area (Å²) in [5, 5.41) is 22.7. The molecule has 0 bridgehead atoms. The number of anilines is 1. The smallest absolute Gasteiger partial charge is 0.251 e. The molecule has 0 radical (unpaired) electrons. The first-order valence-corrected chi connectivity index (χ1v) is 9.73. The van der Waals surface area contributed by atoms with Crippen molar-refractivity contribution in [2.45, 2.75) is 44.8 Å². The van der Waals surface area contributed by atoms with Crippen LogP contribution in [-0.4, -0.2) is 35.4 Å². The molecule has 5 N–H and O–H groups in total. The van der Waals surface area contributed by atoms with E-state index in [4.69, 9.17) is 10.5 Å². The lowest BCUT2D eigenvalue weighted by Crippen LogP contribution is -2.41. The highest BCUT2D eigenvalue weighted by molar-refractivity contribution is 5.94. The number of ether oxygens (including phenoxy) is 1. The predicted octanol–water partition coefficient (Wildman–Crippen LogP) is 3.05. The third-order valence-corrected chi connectivity index (χ3v) is 4.56. The Morgan fingerprint density at radius 1 is 1.07 bits per heavy atom. The third kappa shape index (κ3) is 6.55. The molecular formula is C22H30N2O4. The van der Waals surface area contributed by atoms with E-state index in [-0.39, 0.29) is 5.91 Å². The van der Waals surface area contributed by atoms with E-state index in [0.29, 0.717) is 29.2 Å². The summed E-state index contributed by atoms with van der Waals surface area (Å²) in [5.74, 6) is 0.344. The number of hydrogen-bond acceptors (Lipinski definition) is 5. The van der Waals surface area contributed by atoms with Gasteiger partial charge in [0.15, 0.2) is 0 Å². The fraction of sp³-hybridized carbons (Fsp3) is 0.409. The van der Waals surface area contributed by atoms with E-state index in [1.807, 2.05) is 0 Å². The van der Waals surface area contributed by atoms with Gasteiger partial charge in [0.2, 0.25) is 0 Å². The molecule has 0 aliphatic rings. The van der Waals surface area contributed by atoms with Crippen LogP contribution in [0.25, 0.3) is 0 Å². The maximum atomic E-state index is 12.5. The number of amides is 1. The number of carbonyl (C=O) groups is 1. The number of nitrogen functional groups attached to an aromatic ring is 1. The molecule has 2 atom stereocenters.